The number of aromatic hydroxyl groups is 1. The third-order valence-corrected chi connectivity index (χ3v) is 3.91. The van der Waals surface area contributed by atoms with Gasteiger partial charge in [-0.1, -0.05) is 44.8 Å². The number of esters is 1. The second kappa shape index (κ2) is 7.02. The zero-order chi connectivity index (χ0) is 17.1. The molecular formula is C16H10BrClN2O4. The largest absolute Gasteiger partial charge is 0.507 e. The number of phenols is 1. The quantitative estimate of drug-likeness (QED) is 0.650. The summed E-state index contributed by atoms with van der Waals surface area (Å²) in [6, 6.07) is 11.5. The van der Waals surface area contributed by atoms with Crippen LogP contribution in [0.25, 0.3) is 11.4 Å². The monoisotopic (exact) mass is 408 g/mol. The van der Waals surface area contributed by atoms with Crippen molar-refractivity contribution in [3.63, 3.8) is 0 Å². The lowest BCUT2D eigenvalue weighted by atomic mass is 10.2. The van der Waals surface area contributed by atoms with Crippen LogP contribution in [0.15, 0.2) is 51.5 Å². The number of phenolic OH excluding ortho intramolecular Hbond substituents is 1. The lowest BCUT2D eigenvalue weighted by molar-refractivity contribution is 0.0426. The van der Waals surface area contributed by atoms with Gasteiger partial charge in [-0.15, -0.1) is 0 Å². The fourth-order valence-corrected chi connectivity index (χ4v) is 2.52. The van der Waals surface area contributed by atoms with Crippen LogP contribution in [0, 0.1) is 0 Å². The van der Waals surface area contributed by atoms with E-state index in [1.165, 1.54) is 12.1 Å². The first kappa shape index (κ1) is 16.5. The van der Waals surface area contributed by atoms with E-state index in [-0.39, 0.29) is 23.8 Å². The second-order valence-corrected chi connectivity index (χ2v) is 6.05. The molecule has 3 rings (SSSR count). The summed E-state index contributed by atoms with van der Waals surface area (Å²) >= 11 is 9.29. The first-order chi connectivity index (χ1) is 11.5. The standard InChI is InChI=1S/C16H10BrClN2O4/c17-9-5-6-13(21)11(7-9)16(22)23-8-14-19-15(20-24-14)10-3-1-2-4-12(10)18/h1-7,21H,8H2. The van der Waals surface area contributed by atoms with Crippen molar-refractivity contribution in [1.82, 2.24) is 10.1 Å². The Morgan fingerprint density at radius 3 is 2.88 bits per heavy atom. The van der Waals surface area contributed by atoms with Crippen LogP contribution in [0.4, 0.5) is 0 Å². The number of benzene rings is 2. The number of hydrogen-bond donors (Lipinski definition) is 1. The molecule has 0 saturated heterocycles. The van der Waals surface area contributed by atoms with Gasteiger partial charge in [-0.25, -0.2) is 4.79 Å². The molecule has 0 spiro atoms. The average molecular weight is 410 g/mol. The van der Waals surface area contributed by atoms with E-state index in [0.29, 0.717) is 20.9 Å². The van der Waals surface area contributed by atoms with Crippen LogP contribution in [0.5, 0.6) is 5.75 Å². The molecule has 0 saturated carbocycles. The van der Waals surface area contributed by atoms with Crippen molar-refractivity contribution < 1.29 is 19.2 Å². The van der Waals surface area contributed by atoms with Crippen molar-refractivity contribution in [2.45, 2.75) is 6.61 Å². The molecule has 0 bridgehead atoms. The van der Waals surface area contributed by atoms with Crippen LogP contribution in [0.1, 0.15) is 16.2 Å². The molecule has 6 nitrogen and oxygen atoms in total. The van der Waals surface area contributed by atoms with Crippen molar-refractivity contribution in [3.05, 3.63) is 63.4 Å². The van der Waals surface area contributed by atoms with E-state index in [0.717, 1.165) is 0 Å². The van der Waals surface area contributed by atoms with E-state index >= 15 is 0 Å². The van der Waals surface area contributed by atoms with Crippen LogP contribution in [-0.2, 0) is 11.3 Å². The summed E-state index contributed by atoms with van der Waals surface area (Å²) in [5.74, 6) is -0.457. The van der Waals surface area contributed by atoms with Gasteiger partial charge in [0.2, 0.25) is 5.82 Å². The Bertz CT molecular complexity index is 897. The third-order valence-electron chi connectivity index (χ3n) is 3.09. The number of rotatable bonds is 4. The summed E-state index contributed by atoms with van der Waals surface area (Å²) in [4.78, 5) is 16.1. The fourth-order valence-electron chi connectivity index (χ4n) is 1.94. The Morgan fingerprint density at radius 2 is 2.08 bits per heavy atom. The summed E-state index contributed by atoms with van der Waals surface area (Å²) in [6.45, 7) is -0.220. The van der Waals surface area contributed by atoms with Crippen LogP contribution >= 0.6 is 27.5 Å². The number of hydrogen-bond acceptors (Lipinski definition) is 6. The van der Waals surface area contributed by atoms with Gasteiger partial charge < -0.3 is 14.4 Å². The van der Waals surface area contributed by atoms with Crippen molar-refractivity contribution in [2.75, 3.05) is 0 Å². The minimum absolute atomic E-state index is 0.0372. The number of nitrogens with zero attached hydrogens (tertiary/aromatic N) is 2. The van der Waals surface area contributed by atoms with Gasteiger partial charge in [0, 0.05) is 10.0 Å². The SMILES string of the molecule is O=C(OCc1nc(-c2ccccc2Cl)no1)c1cc(Br)ccc1O. The molecule has 0 aliphatic rings. The fraction of sp³-hybridized carbons (Fsp3) is 0.0625. The third kappa shape index (κ3) is 3.58. The molecule has 3 aromatic rings. The Balaban J connectivity index is 1.71. The number of carbonyl (C=O) groups is 1. The number of ether oxygens (including phenoxy) is 1. The predicted molar refractivity (Wildman–Crippen MR) is 89.7 cm³/mol. The molecule has 24 heavy (non-hydrogen) atoms. The average Bonchev–Trinajstić information content (AvgIpc) is 3.04. The Kier molecular flexibility index (Phi) is 4.82. The normalized spacial score (nSPS) is 10.6. The molecule has 1 aromatic heterocycles. The lowest BCUT2D eigenvalue weighted by Gasteiger charge is -2.04. The van der Waals surface area contributed by atoms with Gasteiger partial charge in [0.25, 0.3) is 5.89 Å². The van der Waals surface area contributed by atoms with Gasteiger partial charge in [-0.2, -0.15) is 4.98 Å². The molecule has 0 radical (unpaired) electrons. The van der Waals surface area contributed by atoms with Gasteiger partial charge in [0.15, 0.2) is 6.61 Å². The van der Waals surface area contributed by atoms with E-state index in [2.05, 4.69) is 26.1 Å². The van der Waals surface area contributed by atoms with E-state index in [9.17, 15) is 9.90 Å². The summed E-state index contributed by atoms with van der Waals surface area (Å²) in [5, 5.41) is 14.0. The molecule has 0 aliphatic carbocycles. The van der Waals surface area contributed by atoms with E-state index in [1.807, 2.05) is 0 Å². The maximum Gasteiger partial charge on any atom is 0.342 e. The van der Waals surface area contributed by atoms with Gasteiger partial charge in [0.1, 0.15) is 11.3 Å². The number of carbonyl (C=O) groups excluding carboxylic acids is 1. The minimum atomic E-state index is -0.703. The van der Waals surface area contributed by atoms with Crippen molar-refractivity contribution in [3.8, 4) is 17.1 Å². The van der Waals surface area contributed by atoms with Crippen LogP contribution in [0.3, 0.4) is 0 Å². The highest BCUT2D eigenvalue weighted by Crippen LogP contribution is 2.25. The number of halogens is 2. The predicted octanol–water partition coefficient (Wildman–Crippen LogP) is 4.22. The van der Waals surface area contributed by atoms with Crippen molar-refractivity contribution in [2.24, 2.45) is 0 Å². The maximum absolute atomic E-state index is 12.0. The van der Waals surface area contributed by atoms with Gasteiger partial charge in [-0.05, 0) is 30.3 Å². The Morgan fingerprint density at radius 1 is 1.29 bits per heavy atom. The molecule has 2 aromatic carbocycles. The summed E-state index contributed by atoms with van der Waals surface area (Å²) in [5.41, 5.74) is 0.653. The van der Waals surface area contributed by atoms with Crippen LogP contribution < -0.4 is 0 Å². The van der Waals surface area contributed by atoms with Gasteiger partial charge in [0.05, 0.1) is 5.02 Å². The Labute approximate surface area is 150 Å². The molecule has 0 aliphatic heterocycles. The molecule has 8 heteroatoms. The van der Waals surface area contributed by atoms with Gasteiger partial charge in [-0.3, -0.25) is 0 Å². The zero-order valence-corrected chi connectivity index (χ0v) is 14.4. The molecule has 0 unspecified atom stereocenters. The van der Waals surface area contributed by atoms with E-state index in [4.69, 9.17) is 20.9 Å². The lowest BCUT2D eigenvalue weighted by Crippen LogP contribution is -2.05. The molecule has 0 amide bonds. The van der Waals surface area contributed by atoms with E-state index < -0.39 is 5.97 Å². The van der Waals surface area contributed by atoms with Crippen molar-refractivity contribution in [1.29, 1.82) is 0 Å². The smallest absolute Gasteiger partial charge is 0.342 e. The van der Waals surface area contributed by atoms with E-state index in [1.54, 1.807) is 30.3 Å². The summed E-state index contributed by atoms with van der Waals surface area (Å²) in [7, 11) is 0. The zero-order valence-electron chi connectivity index (χ0n) is 12.1. The molecule has 1 heterocycles. The maximum atomic E-state index is 12.0. The first-order valence-corrected chi connectivity index (χ1v) is 7.95. The highest BCUT2D eigenvalue weighted by Gasteiger charge is 2.16. The van der Waals surface area contributed by atoms with Gasteiger partial charge >= 0.3 is 5.97 Å². The van der Waals surface area contributed by atoms with Crippen molar-refractivity contribution >= 4 is 33.5 Å². The topological polar surface area (TPSA) is 85.5 Å². The highest BCUT2D eigenvalue weighted by molar-refractivity contribution is 9.10. The molecule has 0 atom stereocenters. The summed E-state index contributed by atoms with van der Waals surface area (Å²) < 4.78 is 10.8. The first-order valence-electron chi connectivity index (χ1n) is 6.77. The van der Waals surface area contributed by atoms with Crippen LogP contribution in [-0.4, -0.2) is 21.2 Å². The highest BCUT2D eigenvalue weighted by atomic mass is 79.9. The van der Waals surface area contributed by atoms with Crippen LogP contribution in [0.2, 0.25) is 5.02 Å². The molecule has 0 fully saturated rings. The molecule has 1 N–H and O–H groups in total. The minimum Gasteiger partial charge on any atom is -0.507 e. The molecular weight excluding hydrogens is 400 g/mol. The Hall–Kier alpha value is -2.38. The number of aromatic nitrogens is 2. The molecule has 122 valence electrons. The second-order valence-electron chi connectivity index (χ2n) is 4.73. The summed E-state index contributed by atoms with van der Waals surface area (Å²) in [6.07, 6.45) is 0.